The van der Waals surface area contributed by atoms with Gasteiger partial charge in [-0.15, -0.1) is 0 Å². The maximum Gasteiger partial charge on any atom is 0.342 e. The maximum atomic E-state index is 10.6. The Labute approximate surface area is 58.1 Å². The van der Waals surface area contributed by atoms with Crippen molar-refractivity contribution < 1.29 is 4.79 Å². The normalized spacial score (nSPS) is 27.8. The number of aliphatic imine (C=N–C) groups is 1. The molecule has 1 N–H and O–H groups in total. The van der Waals surface area contributed by atoms with Gasteiger partial charge in [-0.05, 0) is 6.08 Å². The molecule has 0 saturated heterocycles. The van der Waals surface area contributed by atoms with Crippen LogP contribution in [0, 0.1) is 0 Å². The number of rotatable bonds is 0. The second kappa shape index (κ2) is 1.80. The molecule has 1 atom stereocenters. The Bertz CT molecular complexity index is 263. The second-order valence-electron chi connectivity index (χ2n) is 2.21. The standard InChI is InChI=1S/C7H6N2O/c10-7-8-5-3-1-2-4-6(5)9-7/h1-5H,(H,8,10)/t5-/m0/s1. The van der Waals surface area contributed by atoms with Gasteiger partial charge in [0.05, 0.1) is 11.8 Å². The Kier molecular flexibility index (Phi) is 0.974. The van der Waals surface area contributed by atoms with Crippen molar-refractivity contribution >= 4 is 11.7 Å². The summed E-state index contributed by atoms with van der Waals surface area (Å²) in [5.74, 6) is 0. The Morgan fingerprint density at radius 3 is 3.20 bits per heavy atom. The van der Waals surface area contributed by atoms with E-state index in [4.69, 9.17) is 0 Å². The highest BCUT2D eigenvalue weighted by atomic mass is 16.2. The van der Waals surface area contributed by atoms with Crippen molar-refractivity contribution in [2.45, 2.75) is 6.04 Å². The third kappa shape index (κ3) is 0.673. The first-order valence-electron chi connectivity index (χ1n) is 3.10. The van der Waals surface area contributed by atoms with Crippen LogP contribution in [0.25, 0.3) is 0 Å². The number of amides is 2. The van der Waals surface area contributed by atoms with Gasteiger partial charge in [0, 0.05) is 0 Å². The molecular formula is C7H6N2O. The van der Waals surface area contributed by atoms with Crippen LogP contribution in [0.2, 0.25) is 0 Å². The zero-order chi connectivity index (χ0) is 6.97. The monoisotopic (exact) mass is 134 g/mol. The molecule has 0 fully saturated rings. The van der Waals surface area contributed by atoms with Crippen LogP contribution >= 0.6 is 0 Å². The molecule has 0 aromatic rings. The summed E-state index contributed by atoms with van der Waals surface area (Å²) in [6.45, 7) is 0. The minimum atomic E-state index is -0.240. The van der Waals surface area contributed by atoms with E-state index in [1.165, 1.54) is 0 Å². The lowest BCUT2D eigenvalue weighted by molar-refractivity contribution is 0.251. The molecule has 2 aliphatic rings. The molecule has 0 spiro atoms. The summed E-state index contributed by atoms with van der Waals surface area (Å²) in [5.41, 5.74) is 0.813. The van der Waals surface area contributed by atoms with Crippen LogP contribution in [0.15, 0.2) is 29.3 Å². The predicted octanol–water partition coefficient (Wildman–Crippen LogP) is 0.645. The Hall–Kier alpha value is -1.38. The minimum Gasteiger partial charge on any atom is -0.324 e. The third-order valence-corrected chi connectivity index (χ3v) is 1.51. The summed E-state index contributed by atoms with van der Waals surface area (Å²) in [7, 11) is 0. The van der Waals surface area contributed by atoms with Gasteiger partial charge in [-0.1, -0.05) is 18.2 Å². The fourth-order valence-electron chi connectivity index (χ4n) is 1.04. The Morgan fingerprint density at radius 2 is 2.40 bits per heavy atom. The van der Waals surface area contributed by atoms with Gasteiger partial charge in [0.25, 0.3) is 0 Å². The van der Waals surface area contributed by atoms with Crippen LogP contribution in [0.4, 0.5) is 4.79 Å². The van der Waals surface area contributed by atoms with E-state index < -0.39 is 0 Å². The smallest absolute Gasteiger partial charge is 0.324 e. The number of hydrogen-bond donors (Lipinski definition) is 1. The Balaban J connectivity index is 2.37. The highest BCUT2D eigenvalue weighted by Crippen LogP contribution is 2.06. The van der Waals surface area contributed by atoms with E-state index >= 15 is 0 Å². The van der Waals surface area contributed by atoms with E-state index in [9.17, 15) is 4.79 Å². The van der Waals surface area contributed by atoms with Crippen LogP contribution in [0.3, 0.4) is 0 Å². The number of carbonyl (C=O) groups is 1. The van der Waals surface area contributed by atoms with E-state index in [0.717, 1.165) is 5.71 Å². The molecule has 0 aromatic heterocycles. The topological polar surface area (TPSA) is 41.5 Å². The number of nitrogens with one attached hydrogen (secondary N) is 1. The van der Waals surface area contributed by atoms with Crippen LogP contribution in [-0.2, 0) is 0 Å². The molecule has 0 saturated carbocycles. The molecule has 3 nitrogen and oxygen atoms in total. The summed E-state index contributed by atoms with van der Waals surface area (Å²) in [5, 5.41) is 2.68. The fourth-order valence-corrected chi connectivity index (χ4v) is 1.04. The van der Waals surface area contributed by atoms with Gasteiger partial charge in [-0.2, -0.15) is 4.99 Å². The second-order valence-corrected chi connectivity index (χ2v) is 2.21. The summed E-state index contributed by atoms with van der Waals surface area (Å²) in [6.07, 6.45) is 7.51. The molecule has 0 unspecified atom stereocenters. The van der Waals surface area contributed by atoms with E-state index in [1.807, 2.05) is 24.3 Å². The molecule has 1 heterocycles. The molecular weight excluding hydrogens is 128 g/mol. The Morgan fingerprint density at radius 1 is 1.50 bits per heavy atom. The van der Waals surface area contributed by atoms with E-state index in [1.54, 1.807) is 0 Å². The molecule has 0 radical (unpaired) electrons. The molecule has 1 aliphatic heterocycles. The van der Waals surface area contributed by atoms with Crippen LogP contribution in [0.5, 0.6) is 0 Å². The van der Waals surface area contributed by atoms with Crippen molar-refractivity contribution in [1.29, 1.82) is 0 Å². The molecule has 0 aromatic carbocycles. The first-order chi connectivity index (χ1) is 4.86. The highest BCUT2D eigenvalue weighted by molar-refractivity contribution is 6.12. The van der Waals surface area contributed by atoms with Gasteiger partial charge < -0.3 is 5.32 Å². The van der Waals surface area contributed by atoms with Crippen molar-refractivity contribution in [2.75, 3.05) is 0 Å². The van der Waals surface area contributed by atoms with Gasteiger partial charge in [-0.3, -0.25) is 0 Å². The van der Waals surface area contributed by atoms with Crippen LogP contribution in [-0.4, -0.2) is 17.8 Å². The zero-order valence-corrected chi connectivity index (χ0v) is 5.24. The van der Waals surface area contributed by atoms with Crippen molar-refractivity contribution in [1.82, 2.24) is 5.32 Å². The third-order valence-electron chi connectivity index (χ3n) is 1.51. The molecule has 50 valence electrons. The maximum absolute atomic E-state index is 10.6. The number of allylic oxidation sites excluding steroid dienone is 2. The lowest BCUT2D eigenvalue weighted by atomic mass is 10.1. The highest BCUT2D eigenvalue weighted by Gasteiger charge is 2.21. The van der Waals surface area contributed by atoms with Crippen molar-refractivity contribution in [3.8, 4) is 0 Å². The van der Waals surface area contributed by atoms with Crippen LogP contribution in [0.1, 0.15) is 0 Å². The quantitative estimate of drug-likeness (QED) is 0.519. The molecule has 1 aliphatic carbocycles. The lowest BCUT2D eigenvalue weighted by Gasteiger charge is -2.06. The van der Waals surface area contributed by atoms with Gasteiger partial charge >= 0.3 is 6.03 Å². The largest absolute Gasteiger partial charge is 0.342 e. The van der Waals surface area contributed by atoms with Crippen molar-refractivity contribution in [2.24, 2.45) is 4.99 Å². The average Bonchev–Trinajstić information content (AvgIpc) is 2.27. The summed E-state index contributed by atoms with van der Waals surface area (Å²) >= 11 is 0. The number of urea groups is 1. The van der Waals surface area contributed by atoms with E-state index in [-0.39, 0.29) is 12.1 Å². The van der Waals surface area contributed by atoms with Gasteiger partial charge in [0.2, 0.25) is 0 Å². The lowest BCUT2D eigenvalue weighted by Crippen LogP contribution is -2.29. The zero-order valence-electron chi connectivity index (χ0n) is 5.24. The van der Waals surface area contributed by atoms with Crippen LogP contribution < -0.4 is 5.32 Å². The molecule has 2 rings (SSSR count). The summed E-state index contributed by atoms with van der Waals surface area (Å²) in [6, 6.07) is -0.214. The van der Waals surface area contributed by atoms with Crippen molar-refractivity contribution in [3.63, 3.8) is 0 Å². The first-order valence-corrected chi connectivity index (χ1v) is 3.10. The number of carbonyl (C=O) groups excluding carboxylic acids is 1. The van der Waals surface area contributed by atoms with Gasteiger partial charge in [0.15, 0.2) is 0 Å². The number of fused-ring (bicyclic) bond motifs is 1. The summed E-state index contributed by atoms with van der Waals surface area (Å²) < 4.78 is 0. The first kappa shape index (κ1) is 5.41. The fraction of sp³-hybridized carbons (Fsp3) is 0.143. The molecule has 2 amide bonds. The van der Waals surface area contributed by atoms with Crippen molar-refractivity contribution in [3.05, 3.63) is 24.3 Å². The molecule has 10 heavy (non-hydrogen) atoms. The number of hydrogen-bond acceptors (Lipinski definition) is 1. The number of nitrogens with zero attached hydrogens (tertiary/aromatic N) is 1. The van der Waals surface area contributed by atoms with E-state index in [0.29, 0.717) is 0 Å². The van der Waals surface area contributed by atoms with Gasteiger partial charge in [-0.25, -0.2) is 4.79 Å². The molecule has 0 bridgehead atoms. The average molecular weight is 134 g/mol. The SMILES string of the molecule is O=C1N=C2C=CC=C[C@@H]2N1. The summed E-state index contributed by atoms with van der Waals surface area (Å²) in [4.78, 5) is 14.4. The minimum absolute atomic E-state index is 0.0255. The molecule has 3 heteroatoms. The predicted molar refractivity (Wildman–Crippen MR) is 38.0 cm³/mol. The van der Waals surface area contributed by atoms with Gasteiger partial charge in [0.1, 0.15) is 0 Å². The van der Waals surface area contributed by atoms with E-state index in [2.05, 4.69) is 10.3 Å².